The Morgan fingerprint density at radius 1 is 1.64 bits per heavy atom. The molecule has 0 unspecified atom stereocenters. The smallest absolute Gasteiger partial charge is 0.170 e. The van der Waals surface area contributed by atoms with Crippen molar-refractivity contribution in [1.82, 2.24) is 14.9 Å². The van der Waals surface area contributed by atoms with Gasteiger partial charge >= 0.3 is 0 Å². The standard InChI is InChI=1S/C8H7N3O3/c1-11-4-5(3-9-11)7-2-6(8(12)13)10-14-7/h2-4H,1H3,(H,12,13)/p-1. The van der Waals surface area contributed by atoms with Crippen LogP contribution < -0.4 is 5.11 Å². The number of carboxylic acid groups (broad SMARTS) is 1. The van der Waals surface area contributed by atoms with Crippen LogP contribution in [0, 0.1) is 0 Å². The molecule has 0 bridgehead atoms. The molecule has 0 N–H and O–H groups in total. The molecule has 6 heteroatoms. The van der Waals surface area contributed by atoms with E-state index < -0.39 is 5.97 Å². The van der Waals surface area contributed by atoms with Crippen LogP contribution in [0.4, 0.5) is 0 Å². The van der Waals surface area contributed by atoms with Crippen LogP contribution in [0.2, 0.25) is 0 Å². The summed E-state index contributed by atoms with van der Waals surface area (Å²) in [5.74, 6) is -0.999. The second kappa shape index (κ2) is 2.99. The molecule has 0 radical (unpaired) electrons. The summed E-state index contributed by atoms with van der Waals surface area (Å²) in [7, 11) is 1.75. The lowest BCUT2D eigenvalue weighted by atomic mass is 10.2. The Hall–Kier alpha value is -2.11. The van der Waals surface area contributed by atoms with Crippen LogP contribution in [0.3, 0.4) is 0 Å². The first-order chi connectivity index (χ1) is 6.66. The van der Waals surface area contributed by atoms with E-state index in [1.165, 1.54) is 6.07 Å². The lowest BCUT2D eigenvalue weighted by Crippen LogP contribution is -2.22. The number of rotatable bonds is 2. The molecule has 0 fully saturated rings. The zero-order chi connectivity index (χ0) is 10.1. The summed E-state index contributed by atoms with van der Waals surface area (Å²) < 4.78 is 6.38. The Kier molecular flexibility index (Phi) is 1.81. The first-order valence-corrected chi connectivity index (χ1v) is 3.84. The molecule has 0 aliphatic rings. The van der Waals surface area contributed by atoms with Gasteiger partial charge in [-0.25, -0.2) is 0 Å². The molecule has 0 spiro atoms. The van der Waals surface area contributed by atoms with Crippen molar-refractivity contribution in [3.63, 3.8) is 0 Å². The monoisotopic (exact) mass is 192 g/mol. The van der Waals surface area contributed by atoms with E-state index in [4.69, 9.17) is 4.52 Å². The highest BCUT2D eigenvalue weighted by molar-refractivity contribution is 5.84. The number of carboxylic acids is 1. The van der Waals surface area contributed by atoms with Crippen LogP contribution in [-0.2, 0) is 7.05 Å². The summed E-state index contributed by atoms with van der Waals surface area (Å²) in [6.45, 7) is 0. The summed E-state index contributed by atoms with van der Waals surface area (Å²) >= 11 is 0. The number of hydrogen-bond donors (Lipinski definition) is 0. The summed E-state index contributed by atoms with van der Waals surface area (Å²) in [5, 5.41) is 17.6. The van der Waals surface area contributed by atoms with Gasteiger partial charge in [0.15, 0.2) is 5.76 Å². The molecule has 0 amide bonds. The number of aromatic nitrogens is 3. The number of aryl methyl sites for hydroxylation is 1. The Balaban J connectivity index is 2.38. The Bertz CT molecular complexity index is 472. The fraction of sp³-hybridized carbons (Fsp3) is 0.125. The van der Waals surface area contributed by atoms with E-state index in [0.717, 1.165) is 0 Å². The maximum Gasteiger partial charge on any atom is 0.170 e. The van der Waals surface area contributed by atoms with E-state index in [1.54, 1.807) is 24.1 Å². The summed E-state index contributed by atoms with van der Waals surface area (Å²) in [6, 6.07) is 1.30. The fourth-order valence-electron chi connectivity index (χ4n) is 1.06. The highest BCUT2D eigenvalue weighted by atomic mass is 16.5. The molecule has 0 aromatic carbocycles. The third kappa shape index (κ3) is 1.37. The van der Waals surface area contributed by atoms with Gasteiger partial charge in [0.1, 0.15) is 5.69 Å². The SMILES string of the molecule is Cn1cc(-c2cc(C(=O)[O-])no2)cn1. The predicted octanol–water partition coefficient (Wildman–Crippen LogP) is -0.561. The van der Waals surface area contributed by atoms with Gasteiger partial charge in [-0.05, 0) is 0 Å². The zero-order valence-electron chi connectivity index (χ0n) is 7.30. The number of carbonyl (C=O) groups is 1. The summed E-state index contributed by atoms with van der Waals surface area (Å²) in [4.78, 5) is 10.4. The Morgan fingerprint density at radius 2 is 2.43 bits per heavy atom. The first-order valence-electron chi connectivity index (χ1n) is 3.84. The van der Waals surface area contributed by atoms with Gasteiger partial charge in [0.05, 0.1) is 17.7 Å². The molecule has 0 atom stereocenters. The number of aromatic carboxylic acids is 1. The quantitative estimate of drug-likeness (QED) is 0.636. The van der Waals surface area contributed by atoms with Gasteiger partial charge < -0.3 is 14.4 Å². The van der Waals surface area contributed by atoms with Crippen molar-refractivity contribution in [2.75, 3.05) is 0 Å². The lowest BCUT2D eigenvalue weighted by molar-refractivity contribution is -0.255. The summed E-state index contributed by atoms with van der Waals surface area (Å²) in [6.07, 6.45) is 3.25. The van der Waals surface area contributed by atoms with E-state index in [-0.39, 0.29) is 5.69 Å². The highest BCUT2D eigenvalue weighted by Gasteiger charge is 2.08. The van der Waals surface area contributed by atoms with Crippen LogP contribution >= 0.6 is 0 Å². The van der Waals surface area contributed by atoms with Crippen molar-refractivity contribution in [3.8, 4) is 11.3 Å². The van der Waals surface area contributed by atoms with Gasteiger partial charge in [-0.15, -0.1) is 0 Å². The second-order valence-electron chi connectivity index (χ2n) is 2.77. The van der Waals surface area contributed by atoms with Crippen molar-refractivity contribution in [2.24, 2.45) is 7.05 Å². The minimum atomic E-state index is -1.36. The zero-order valence-corrected chi connectivity index (χ0v) is 7.30. The molecule has 0 aliphatic carbocycles. The van der Waals surface area contributed by atoms with Gasteiger partial charge in [-0.3, -0.25) is 4.68 Å². The van der Waals surface area contributed by atoms with Gasteiger partial charge in [0.25, 0.3) is 0 Å². The molecular weight excluding hydrogens is 186 g/mol. The maximum absolute atomic E-state index is 10.4. The van der Waals surface area contributed by atoms with Gasteiger partial charge in [-0.1, -0.05) is 5.16 Å². The van der Waals surface area contributed by atoms with Crippen molar-refractivity contribution in [2.45, 2.75) is 0 Å². The third-order valence-electron chi connectivity index (χ3n) is 1.71. The van der Waals surface area contributed by atoms with Gasteiger partial charge in [0, 0.05) is 19.3 Å². The van der Waals surface area contributed by atoms with Gasteiger partial charge in [0.2, 0.25) is 0 Å². The first kappa shape index (κ1) is 8.49. The van der Waals surface area contributed by atoms with Crippen molar-refractivity contribution in [3.05, 3.63) is 24.2 Å². The molecule has 0 aliphatic heterocycles. The van der Waals surface area contributed by atoms with Crippen LogP contribution in [0.5, 0.6) is 0 Å². The van der Waals surface area contributed by atoms with Gasteiger partial charge in [-0.2, -0.15) is 5.10 Å². The second-order valence-corrected chi connectivity index (χ2v) is 2.77. The van der Waals surface area contributed by atoms with Crippen LogP contribution in [-0.4, -0.2) is 20.9 Å². The van der Waals surface area contributed by atoms with Crippen LogP contribution in [0.1, 0.15) is 10.5 Å². The molecule has 2 rings (SSSR count). The largest absolute Gasteiger partial charge is 0.543 e. The lowest BCUT2D eigenvalue weighted by Gasteiger charge is -1.89. The van der Waals surface area contributed by atoms with Crippen LogP contribution in [0.25, 0.3) is 11.3 Å². The predicted molar refractivity (Wildman–Crippen MR) is 43.0 cm³/mol. The van der Waals surface area contributed by atoms with Crippen molar-refractivity contribution < 1.29 is 14.4 Å². The Morgan fingerprint density at radius 3 is 2.93 bits per heavy atom. The molecule has 2 aromatic rings. The Labute approximate surface area is 78.7 Å². The molecule has 72 valence electrons. The van der Waals surface area contributed by atoms with E-state index in [1.807, 2.05) is 0 Å². The maximum atomic E-state index is 10.4. The molecule has 14 heavy (non-hydrogen) atoms. The normalized spacial score (nSPS) is 10.4. The van der Waals surface area contributed by atoms with Crippen LogP contribution in [0.15, 0.2) is 23.0 Å². The minimum absolute atomic E-state index is 0.219. The molecular formula is C8H6N3O3-. The average molecular weight is 192 g/mol. The average Bonchev–Trinajstić information content (AvgIpc) is 2.70. The molecule has 0 saturated heterocycles. The molecule has 6 nitrogen and oxygen atoms in total. The third-order valence-corrected chi connectivity index (χ3v) is 1.71. The van der Waals surface area contributed by atoms with Crippen molar-refractivity contribution >= 4 is 5.97 Å². The number of carbonyl (C=O) groups excluding carboxylic acids is 1. The van der Waals surface area contributed by atoms with Crippen molar-refractivity contribution in [1.29, 1.82) is 0 Å². The molecule has 0 saturated carbocycles. The van der Waals surface area contributed by atoms with E-state index in [2.05, 4.69) is 10.3 Å². The van der Waals surface area contributed by atoms with E-state index in [0.29, 0.717) is 11.3 Å². The molecule has 2 aromatic heterocycles. The van der Waals surface area contributed by atoms with E-state index >= 15 is 0 Å². The highest BCUT2D eigenvalue weighted by Crippen LogP contribution is 2.18. The fourth-order valence-corrected chi connectivity index (χ4v) is 1.06. The minimum Gasteiger partial charge on any atom is -0.543 e. The number of hydrogen-bond acceptors (Lipinski definition) is 5. The summed E-state index contributed by atoms with van der Waals surface area (Å²) in [5.41, 5.74) is 0.455. The molecule has 2 heterocycles. The topological polar surface area (TPSA) is 84.0 Å². The number of nitrogens with zero attached hydrogens (tertiary/aromatic N) is 3. The van der Waals surface area contributed by atoms with E-state index in [9.17, 15) is 9.90 Å².